The largest absolute Gasteiger partial charge is 0.357 e. The van der Waals surface area contributed by atoms with Crippen LogP contribution >= 0.6 is 0 Å². The highest BCUT2D eigenvalue weighted by molar-refractivity contribution is 5.94. The van der Waals surface area contributed by atoms with E-state index in [1.165, 1.54) is 12.8 Å². The van der Waals surface area contributed by atoms with E-state index in [4.69, 9.17) is 0 Å². The highest BCUT2D eigenvalue weighted by Gasteiger charge is 2.25. The summed E-state index contributed by atoms with van der Waals surface area (Å²) >= 11 is 0. The molecule has 5 nitrogen and oxygen atoms in total. The summed E-state index contributed by atoms with van der Waals surface area (Å²) < 4.78 is 0. The van der Waals surface area contributed by atoms with Crippen molar-refractivity contribution in [1.29, 1.82) is 0 Å². The van der Waals surface area contributed by atoms with Crippen molar-refractivity contribution >= 4 is 11.7 Å². The van der Waals surface area contributed by atoms with E-state index >= 15 is 0 Å². The van der Waals surface area contributed by atoms with E-state index in [-0.39, 0.29) is 5.91 Å². The van der Waals surface area contributed by atoms with Gasteiger partial charge in [-0.05, 0) is 38.8 Å². The first-order chi connectivity index (χ1) is 10.1. The Morgan fingerprint density at radius 1 is 1.19 bits per heavy atom. The third-order valence-corrected chi connectivity index (χ3v) is 4.27. The van der Waals surface area contributed by atoms with Crippen LogP contribution in [0.3, 0.4) is 0 Å². The third kappa shape index (κ3) is 3.18. The molecule has 3 heterocycles. The average molecular weight is 288 g/mol. The molecule has 1 aromatic heterocycles. The zero-order valence-electron chi connectivity index (χ0n) is 12.9. The monoisotopic (exact) mass is 288 g/mol. The lowest BCUT2D eigenvalue weighted by atomic mass is 10.1. The van der Waals surface area contributed by atoms with Crippen LogP contribution in [0.4, 0.5) is 5.82 Å². The molecule has 3 rings (SSSR count). The van der Waals surface area contributed by atoms with E-state index in [9.17, 15) is 4.79 Å². The maximum atomic E-state index is 12.6. The Kier molecular flexibility index (Phi) is 4.10. The molecule has 2 aliphatic rings. The Labute approximate surface area is 126 Å². The van der Waals surface area contributed by atoms with Crippen LogP contribution in [0.15, 0.2) is 18.3 Å². The predicted molar refractivity (Wildman–Crippen MR) is 83.6 cm³/mol. The van der Waals surface area contributed by atoms with Gasteiger partial charge in [-0.2, -0.15) is 0 Å². The maximum Gasteiger partial charge on any atom is 0.255 e. The van der Waals surface area contributed by atoms with Gasteiger partial charge in [-0.25, -0.2) is 4.98 Å². The van der Waals surface area contributed by atoms with Gasteiger partial charge in [0, 0.05) is 44.5 Å². The van der Waals surface area contributed by atoms with Crippen LogP contribution in [0.1, 0.15) is 37.0 Å². The molecule has 21 heavy (non-hydrogen) atoms. The smallest absolute Gasteiger partial charge is 0.255 e. The molecule has 1 amide bonds. The first kappa shape index (κ1) is 14.3. The van der Waals surface area contributed by atoms with Gasteiger partial charge in [0.05, 0.1) is 5.56 Å². The standard InChI is InChI=1S/C16H24N4O/c1-12-10-20(11-13(2)18-12)16(21)14-5-6-15(17-9-14)19-7-3-4-8-19/h5-6,9,12-13,18H,3-4,7-8,10-11H2,1-2H3/t12-,13+. The number of hydrogen-bond donors (Lipinski definition) is 1. The molecule has 0 radical (unpaired) electrons. The molecule has 2 saturated heterocycles. The lowest BCUT2D eigenvalue weighted by molar-refractivity contribution is 0.0673. The number of carbonyl (C=O) groups excluding carboxylic acids is 1. The molecule has 0 aromatic carbocycles. The van der Waals surface area contributed by atoms with Crippen LogP contribution in [0.25, 0.3) is 0 Å². The second kappa shape index (κ2) is 6.02. The van der Waals surface area contributed by atoms with Gasteiger partial charge in [0.1, 0.15) is 5.82 Å². The Bertz CT molecular complexity index is 486. The molecular weight excluding hydrogens is 264 g/mol. The van der Waals surface area contributed by atoms with Gasteiger partial charge in [0.25, 0.3) is 5.91 Å². The molecule has 0 unspecified atom stereocenters. The van der Waals surface area contributed by atoms with Crippen molar-refractivity contribution in [2.45, 2.75) is 38.8 Å². The van der Waals surface area contributed by atoms with Crippen LogP contribution in [0.5, 0.6) is 0 Å². The second-order valence-electron chi connectivity index (χ2n) is 6.28. The number of hydrogen-bond acceptors (Lipinski definition) is 4. The van der Waals surface area contributed by atoms with Crippen molar-refractivity contribution in [3.63, 3.8) is 0 Å². The van der Waals surface area contributed by atoms with Crippen molar-refractivity contribution in [2.75, 3.05) is 31.1 Å². The van der Waals surface area contributed by atoms with Crippen LogP contribution in [0, 0.1) is 0 Å². The summed E-state index contributed by atoms with van der Waals surface area (Å²) in [6, 6.07) is 4.58. The number of aromatic nitrogens is 1. The zero-order valence-corrected chi connectivity index (χ0v) is 12.9. The van der Waals surface area contributed by atoms with E-state index in [2.05, 4.69) is 29.0 Å². The van der Waals surface area contributed by atoms with E-state index in [1.54, 1.807) is 6.20 Å². The number of amides is 1. The van der Waals surface area contributed by atoms with E-state index in [1.807, 2.05) is 17.0 Å². The predicted octanol–water partition coefficient (Wildman–Crippen LogP) is 1.50. The van der Waals surface area contributed by atoms with Crippen molar-refractivity contribution < 1.29 is 4.79 Å². The van der Waals surface area contributed by atoms with E-state index in [0.29, 0.717) is 17.6 Å². The summed E-state index contributed by atoms with van der Waals surface area (Å²) in [6.45, 7) is 7.91. The quantitative estimate of drug-likeness (QED) is 0.896. The molecule has 5 heteroatoms. The Morgan fingerprint density at radius 2 is 1.86 bits per heavy atom. The van der Waals surface area contributed by atoms with Gasteiger partial charge in [-0.15, -0.1) is 0 Å². The molecule has 114 valence electrons. The van der Waals surface area contributed by atoms with Gasteiger partial charge in [0.2, 0.25) is 0 Å². The van der Waals surface area contributed by atoms with Crippen LogP contribution in [-0.4, -0.2) is 54.1 Å². The summed E-state index contributed by atoms with van der Waals surface area (Å²) in [7, 11) is 0. The zero-order chi connectivity index (χ0) is 14.8. The highest BCUT2D eigenvalue weighted by Crippen LogP contribution is 2.18. The van der Waals surface area contributed by atoms with Crippen LogP contribution < -0.4 is 10.2 Å². The summed E-state index contributed by atoms with van der Waals surface area (Å²) in [4.78, 5) is 21.3. The number of pyridine rings is 1. The Balaban J connectivity index is 1.69. The van der Waals surface area contributed by atoms with Crippen molar-refractivity contribution in [3.05, 3.63) is 23.9 Å². The maximum absolute atomic E-state index is 12.6. The fraction of sp³-hybridized carbons (Fsp3) is 0.625. The number of rotatable bonds is 2. The average Bonchev–Trinajstić information content (AvgIpc) is 3.00. The Hall–Kier alpha value is -1.62. The summed E-state index contributed by atoms with van der Waals surface area (Å²) in [5.41, 5.74) is 0.694. The lowest BCUT2D eigenvalue weighted by Gasteiger charge is -2.36. The number of carbonyl (C=O) groups is 1. The van der Waals surface area contributed by atoms with Crippen molar-refractivity contribution in [3.8, 4) is 0 Å². The minimum absolute atomic E-state index is 0.0932. The van der Waals surface area contributed by atoms with Crippen molar-refractivity contribution in [1.82, 2.24) is 15.2 Å². The summed E-state index contributed by atoms with van der Waals surface area (Å²) in [6.07, 6.45) is 4.20. The number of piperazine rings is 1. The minimum atomic E-state index is 0.0932. The van der Waals surface area contributed by atoms with Crippen LogP contribution in [0.2, 0.25) is 0 Å². The summed E-state index contributed by atoms with van der Waals surface area (Å²) in [5, 5.41) is 3.45. The fourth-order valence-corrected chi connectivity index (χ4v) is 3.32. The normalized spacial score (nSPS) is 26.2. The van der Waals surface area contributed by atoms with E-state index in [0.717, 1.165) is 32.0 Å². The van der Waals surface area contributed by atoms with Gasteiger partial charge < -0.3 is 15.1 Å². The molecule has 0 saturated carbocycles. The SMILES string of the molecule is C[C@@H]1CN(C(=O)c2ccc(N3CCCC3)nc2)C[C@H](C)N1. The number of nitrogens with zero attached hydrogens (tertiary/aromatic N) is 3. The molecule has 1 N–H and O–H groups in total. The number of nitrogens with one attached hydrogen (secondary N) is 1. The minimum Gasteiger partial charge on any atom is -0.357 e. The first-order valence-corrected chi connectivity index (χ1v) is 7.90. The van der Waals surface area contributed by atoms with Gasteiger partial charge in [-0.1, -0.05) is 0 Å². The molecule has 0 spiro atoms. The van der Waals surface area contributed by atoms with Gasteiger partial charge in [-0.3, -0.25) is 4.79 Å². The molecular formula is C16H24N4O. The fourth-order valence-electron chi connectivity index (χ4n) is 3.32. The molecule has 1 aromatic rings. The van der Waals surface area contributed by atoms with Crippen molar-refractivity contribution in [2.24, 2.45) is 0 Å². The van der Waals surface area contributed by atoms with E-state index < -0.39 is 0 Å². The Morgan fingerprint density at radius 3 is 2.43 bits per heavy atom. The second-order valence-corrected chi connectivity index (χ2v) is 6.28. The van der Waals surface area contributed by atoms with Crippen LogP contribution in [-0.2, 0) is 0 Å². The first-order valence-electron chi connectivity index (χ1n) is 7.90. The molecule has 2 aliphatic heterocycles. The number of anilines is 1. The lowest BCUT2D eigenvalue weighted by Crippen LogP contribution is -2.55. The molecule has 0 aliphatic carbocycles. The topological polar surface area (TPSA) is 48.5 Å². The molecule has 2 atom stereocenters. The summed E-state index contributed by atoms with van der Waals surface area (Å²) in [5.74, 6) is 1.08. The molecule has 2 fully saturated rings. The van der Waals surface area contributed by atoms with Gasteiger partial charge in [0.15, 0.2) is 0 Å². The molecule has 0 bridgehead atoms. The highest BCUT2D eigenvalue weighted by atomic mass is 16.2. The third-order valence-electron chi connectivity index (χ3n) is 4.27. The van der Waals surface area contributed by atoms with Gasteiger partial charge >= 0.3 is 0 Å².